The molecule has 0 aromatic carbocycles. The van der Waals surface area contributed by atoms with Crippen molar-refractivity contribution in [3.8, 4) is 0 Å². The van der Waals surface area contributed by atoms with Crippen LogP contribution in [0.5, 0.6) is 0 Å². The third-order valence-corrected chi connectivity index (χ3v) is 5.39. The Labute approximate surface area is 118 Å². The second-order valence-electron chi connectivity index (χ2n) is 3.92. The molecule has 0 amide bonds. The highest BCUT2D eigenvalue weighted by atomic mass is 32.2. The number of nitro groups is 1. The molecule has 0 radical (unpaired) electrons. The van der Waals surface area contributed by atoms with Crippen LogP contribution in [-0.4, -0.2) is 23.5 Å². The number of aromatic nitrogens is 2. The van der Waals surface area contributed by atoms with E-state index < -0.39 is 20.6 Å². The number of sulfonamides is 1. The molecule has 0 saturated heterocycles. The third kappa shape index (κ3) is 2.79. The number of aryl methyl sites for hydroxylation is 1. The van der Waals surface area contributed by atoms with Gasteiger partial charge in [-0.15, -0.1) is 0 Å². The van der Waals surface area contributed by atoms with Crippen molar-refractivity contribution in [1.29, 1.82) is 0 Å². The van der Waals surface area contributed by atoms with Crippen LogP contribution >= 0.6 is 11.3 Å². The van der Waals surface area contributed by atoms with Crippen LogP contribution in [0.2, 0.25) is 0 Å². The quantitative estimate of drug-likeness (QED) is 0.548. The zero-order valence-corrected chi connectivity index (χ0v) is 11.9. The SMILES string of the molecule is Cc1[nH]ncc1CNS(=O)(=O)c1cc([N+](=O)[O-])c(N)s1. The first-order valence-electron chi connectivity index (χ1n) is 5.33. The molecule has 2 aromatic rings. The van der Waals surface area contributed by atoms with E-state index in [1.54, 1.807) is 6.92 Å². The molecule has 0 saturated carbocycles. The van der Waals surface area contributed by atoms with Gasteiger partial charge in [0.25, 0.3) is 10.0 Å². The predicted octanol–water partition coefficient (Wildman–Crippen LogP) is 0.749. The molecule has 0 aliphatic heterocycles. The van der Waals surface area contributed by atoms with Gasteiger partial charge >= 0.3 is 5.69 Å². The Morgan fingerprint density at radius 1 is 1.60 bits per heavy atom. The molecular weight excluding hydrogens is 306 g/mol. The summed E-state index contributed by atoms with van der Waals surface area (Å²) >= 11 is 0.653. The van der Waals surface area contributed by atoms with Gasteiger partial charge in [0.15, 0.2) is 5.00 Å². The number of anilines is 1. The summed E-state index contributed by atoms with van der Waals surface area (Å²) in [7, 11) is -3.85. The molecule has 4 N–H and O–H groups in total. The molecule has 0 bridgehead atoms. The standard InChI is InChI=1S/C9H11N5O4S2/c1-5-6(3-11-13-5)4-12-20(17,18)8-2-7(14(15)16)9(10)19-8/h2-3,12H,4,10H2,1H3,(H,11,13). The van der Waals surface area contributed by atoms with Gasteiger partial charge in [0.05, 0.1) is 11.1 Å². The van der Waals surface area contributed by atoms with E-state index >= 15 is 0 Å². The molecule has 0 fully saturated rings. The van der Waals surface area contributed by atoms with Crippen LogP contribution in [0.3, 0.4) is 0 Å². The highest BCUT2D eigenvalue weighted by molar-refractivity contribution is 7.91. The van der Waals surface area contributed by atoms with Gasteiger partial charge in [0.1, 0.15) is 4.21 Å². The first kappa shape index (κ1) is 14.4. The van der Waals surface area contributed by atoms with Crippen LogP contribution in [0.25, 0.3) is 0 Å². The number of nitrogens with one attached hydrogen (secondary N) is 2. The molecule has 108 valence electrons. The predicted molar refractivity (Wildman–Crippen MR) is 72.7 cm³/mol. The summed E-state index contributed by atoms with van der Waals surface area (Å²) in [5.74, 6) is 0. The Bertz CT molecular complexity index is 748. The number of nitrogen functional groups attached to an aromatic ring is 1. The first-order chi connectivity index (χ1) is 9.31. The normalized spacial score (nSPS) is 11.7. The van der Waals surface area contributed by atoms with Crippen molar-refractivity contribution in [1.82, 2.24) is 14.9 Å². The molecule has 2 heterocycles. The maximum atomic E-state index is 12.0. The number of hydrogen-bond donors (Lipinski definition) is 3. The Morgan fingerprint density at radius 3 is 2.80 bits per heavy atom. The lowest BCUT2D eigenvalue weighted by atomic mass is 10.3. The minimum absolute atomic E-state index is 0.0380. The monoisotopic (exact) mass is 317 g/mol. The van der Waals surface area contributed by atoms with Gasteiger partial charge in [-0.05, 0) is 6.92 Å². The summed E-state index contributed by atoms with van der Waals surface area (Å²) in [5.41, 5.74) is 6.44. The number of nitrogens with two attached hydrogens (primary N) is 1. The molecule has 0 spiro atoms. The van der Waals surface area contributed by atoms with Crippen molar-refractivity contribution in [2.45, 2.75) is 17.7 Å². The van der Waals surface area contributed by atoms with Gasteiger partial charge in [-0.2, -0.15) is 5.10 Å². The Kier molecular flexibility index (Phi) is 3.74. The highest BCUT2D eigenvalue weighted by Gasteiger charge is 2.24. The summed E-state index contributed by atoms with van der Waals surface area (Å²) in [4.78, 5) is 9.94. The average Bonchev–Trinajstić information content (AvgIpc) is 2.93. The van der Waals surface area contributed by atoms with Crippen molar-refractivity contribution in [3.63, 3.8) is 0 Å². The fourth-order valence-corrected chi connectivity index (χ4v) is 3.71. The van der Waals surface area contributed by atoms with E-state index in [9.17, 15) is 18.5 Å². The number of H-pyrrole nitrogens is 1. The van der Waals surface area contributed by atoms with Crippen LogP contribution in [0, 0.1) is 17.0 Å². The lowest BCUT2D eigenvalue weighted by molar-refractivity contribution is -0.383. The topological polar surface area (TPSA) is 144 Å². The molecule has 2 aromatic heterocycles. The van der Waals surface area contributed by atoms with Crippen molar-refractivity contribution >= 4 is 32.0 Å². The fraction of sp³-hybridized carbons (Fsp3) is 0.222. The van der Waals surface area contributed by atoms with Crippen LogP contribution in [0.4, 0.5) is 10.7 Å². The molecule has 9 nitrogen and oxygen atoms in total. The number of hydrogen-bond acceptors (Lipinski definition) is 7. The van der Waals surface area contributed by atoms with Gasteiger partial charge in [-0.3, -0.25) is 15.2 Å². The molecule has 2 rings (SSSR count). The minimum atomic E-state index is -3.85. The van der Waals surface area contributed by atoms with Crippen LogP contribution < -0.4 is 10.5 Å². The molecule has 20 heavy (non-hydrogen) atoms. The second kappa shape index (κ2) is 5.19. The maximum Gasteiger partial charge on any atom is 0.304 e. The van der Waals surface area contributed by atoms with Gasteiger partial charge in [-0.1, -0.05) is 11.3 Å². The minimum Gasteiger partial charge on any atom is -0.385 e. The van der Waals surface area contributed by atoms with Crippen LogP contribution in [0.1, 0.15) is 11.3 Å². The Morgan fingerprint density at radius 2 is 2.30 bits per heavy atom. The van der Waals surface area contributed by atoms with Crippen molar-refractivity contribution in [3.05, 3.63) is 33.6 Å². The van der Waals surface area contributed by atoms with E-state index in [-0.39, 0.29) is 15.8 Å². The van der Waals surface area contributed by atoms with Gasteiger partial charge in [0, 0.05) is 23.9 Å². The summed E-state index contributed by atoms with van der Waals surface area (Å²) < 4.78 is 26.2. The molecule has 0 atom stereocenters. The zero-order chi connectivity index (χ0) is 14.9. The van der Waals surface area contributed by atoms with Crippen molar-refractivity contribution in [2.75, 3.05) is 5.73 Å². The smallest absolute Gasteiger partial charge is 0.304 e. The second-order valence-corrected chi connectivity index (χ2v) is 6.99. The Hall–Kier alpha value is -1.98. The van der Waals surface area contributed by atoms with E-state index in [2.05, 4.69) is 14.9 Å². The molecule has 0 aliphatic rings. The molecular formula is C9H11N5O4S2. The summed E-state index contributed by atoms with van der Waals surface area (Å²) in [5, 5.41) is 17.0. The molecule has 11 heteroatoms. The third-order valence-electron chi connectivity index (χ3n) is 2.57. The van der Waals surface area contributed by atoms with Crippen molar-refractivity contribution < 1.29 is 13.3 Å². The van der Waals surface area contributed by atoms with Gasteiger partial charge in [0.2, 0.25) is 0 Å². The van der Waals surface area contributed by atoms with Gasteiger partial charge < -0.3 is 5.73 Å². The number of aromatic amines is 1. The average molecular weight is 317 g/mol. The zero-order valence-electron chi connectivity index (χ0n) is 10.3. The highest BCUT2D eigenvalue weighted by Crippen LogP contribution is 2.34. The summed E-state index contributed by atoms with van der Waals surface area (Å²) in [6.45, 7) is 1.79. The molecule has 0 aliphatic carbocycles. The lowest BCUT2D eigenvalue weighted by Crippen LogP contribution is -2.22. The Balaban J connectivity index is 2.20. The summed E-state index contributed by atoms with van der Waals surface area (Å²) in [6, 6.07) is 0.949. The van der Waals surface area contributed by atoms with Crippen LogP contribution in [0.15, 0.2) is 16.5 Å². The van der Waals surface area contributed by atoms with E-state index in [4.69, 9.17) is 5.73 Å². The number of thiophene rings is 1. The van der Waals surface area contributed by atoms with Gasteiger partial charge in [-0.25, -0.2) is 13.1 Å². The first-order valence-corrected chi connectivity index (χ1v) is 7.63. The lowest BCUT2D eigenvalue weighted by Gasteiger charge is -2.03. The van der Waals surface area contributed by atoms with Crippen LogP contribution in [-0.2, 0) is 16.6 Å². The number of nitrogens with zero attached hydrogens (tertiary/aromatic N) is 2. The summed E-state index contributed by atoms with van der Waals surface area (Å²) in [6.07, 6.45) is 1.50. The fourth-order valence-electron chi connectivity index (χ4n) is 1.45. The molecule has 0 unspecified atom stereocenters. The number of rotatable bonds is 5. The van der Waals surface area contributed by atoms with Crippen molar-refractivity contribution in [2.24, 2.45) is 0 Å². The van der Waals surface area contributed by atoms with E-state index in [0.717, 1.165) is 11.8 Å². The van der Waals surface area contributed by atoms with E-state index in [0.29, 0.717) is 16.9 Å². The van der Waals surface area contributed by atoms with E-state index in [1.165, 1.54) is 6.20 Å². The maximum absolute atomic E-state index is 12.0. The largest absolute Gasteiger partial charge is 0.385 e. The van der Waals surface area contributed by atoms with E-state index in [1.807, 2.05) is 0 Å².